The number of nitrogens with zero attached hydrogens (tertiary/aromatic N) is 3. The highest BCUT2D eigenvalue weighted by Gasteiger charge is 2.43. The second-order valence-corrected chi connectivity index (χ2v) is 8.61. The summed E-state index contributed by atoms with van der Waals surface area (Å²) >= 11 is 7.08. The summed E-state index contributed by atoms with van der Waals surface area (Å²) < 4.78 is 69.7. The number of ether oxygens (including phenoxy) is 1. The van der Waals surface area contributed by atoms with Crippen molar-refractivity contribution in [1.82, 2.24) is 14.8 Å². The van der Waals surface area contributed by atoms with Gasteiger partial charge in [0.05, 0.1) is 16.4 Å². The largest absolute Gasteiger partial charge is 0.436 e. The van der Waals surface area contributed by atoms with Gasteiger partial charge >= 0.3 is 12.8 Å². The molecule has 4 rings (SSSR count). The number of halogens is 6. The molecule has 176 valence electrons. The molecule has 1 N–H and O–H groups in total. The Kier molecular flexibility index (Phi) is 6.32. The van der Waals surface area contributed by atoms with Crippen molar-refractivity contribution in [3.05, 3.63) is 46.1 Å². The molecule has 1 saturated carbocycles. The number of rotatable bonds is 7. The van der Waals surface area contributed by atoms with Gasteiger partial charge < -0.3 is 10.1 Å². The van der Waals surface area contributed by atoms with Crippen molar-refractivity contribution < 1.29 is 31.5 Å². The number of amides is 1. The Hall–Kier alpha value is -2.73. The van der Waals surface area contributed by atoms with Crippen LogP contribution in [0.5, 0.6) is 5.75 Å². The zero-order chi connectivity index (χ0) is 23.9. The van der Waals surface area contributed by atoms with Gasteiger partial charge in [0.2, 0.25) is 0 Å². The smallest absolute Gasteiger partial charge is 0.435 e. The quantitative estimate of drug-likeness (QED) is 0.379. The summed E-state index contributed by atoms with van der Waals surface area (Å²) in [6.45, 7) is -1.50. The van der Waals surface area contributed by atoms with Crippen LogP contribution in [0.2, 0.25) is 5.02 Å². The molecule has 0 radical (unpaired) electrons. The van der Waals surface area contributed by atoms with Gasteiger partial charge in [-0.25, -0.2) is 4.98 Å². The molecule has 1 atom stereocenters. The molecule has 0 bridgehead atoms. The van der Waals surface area contributed by atoms with Gasteiger partial charge in [-0.05, 0) is 44.0 Å². The lowest BCUT2D eigenvalue weighted by molar-refractivity contribution is -0.141. The number of nitrogens with one attached hydrogen (secondary N) is 1. The number of carbonyl (C=O) groups excluding carboxylic acids is 1. The van der Waals surface area contributed by atoms with E-state index in [2.05, 4.69) is 20.1 Å². The Labute approximate surface area is 193 Å². The van der Waals surface area contributed by atoms with Crippen molar-refractivity contribution in [3.8, 4) is 17.0 Å². The third-order valence-corrected chi connectivity index (χ3v) is 6.11. The molecule has 0 spiro atoms. The first-order valence-electron chi connectivity index (χ1n) is 9.71. The zero-order valence-corrected chi connectivity index (χ0v) is 18.4. The van der Waals surface area contributed by atoms with Crippen molar-refractivity contribution in [1.29, 1.82) is 0 Å². The summed E-state index contributed by atoms with van der Waals surface area (Å²) in [6.07, 6.45) is -3.38. The number of hydrogen-bond donors (Lipinski definition) is 1. The van der Waals surface area contributed by atoms with Gasteiger partial charge in [0.15, 0.2) is 10.8 Å². The van der Waals surface area contributed by atoms with Crippen LogP contribution < -0.4 is 10.1 Å². The molecule has 13 heteroatoms. The minimum Gasteiger partial charge on any atom is -0.435 e. The fraction of sp³-hybridized carbons (Fsp3) is 0.350. The topological polar surface area (TPSA) is 69.0 Å². The molecule has 2 aromatic heterocycles. The van der Waals surface area contributed by atoms with Gasteiger partial charge in [0.1, 0.15) is 11.8 Å². The van der Waals surface area contributed by atoms with Gasteiger partial charge in [-0.3, -0.25) is 9.48 Å². The molecule has 0 saturated heterocycles. The van der Waals surface area contributed by atoms with E-state index in [1.54, 1.807) is 5.38 Å². The number of carbonyl (C=O) groups is 1. The average molecular weight is 507 g/mol. The first-order valence-corrected chi connectivity index (χ1v) is 11.0. The molecule has 1 fully saturated rings. The Morgan fingerprint density at radius 2 is 1.94 bits per heavy atom. The number of benzene rings is 1. The number of anilines is 1. The summed E-state index contributed by atoms with van der Waals surface area (Å²) in [6, 6.07) is 4.73. The minimum absolute atomic E-state index is 0.00564. The number of aromatic nitrogens is 3. The highest BCUT2D eigenvalue weighted by Crippen LogP contribution is 2.47. The monoisotopic (exact) mass is 506 g/mol. The number of hydrogen-bond acceptors (Lipinski definition) is 5. The molecule has 3 aromatic rings. The van der Waals surface area contributed by atoms with Crippen LogP contribution in [0.4, 0.5) is 27.1 Å². The Morgan fingerprint density at radius 3 is 2.52 bits per heavy atom. The first-order chi connectivity index (χ1) is 15.5. The molecule has 33 heavy (non-hydrogen) atoms. The number of alkyl halides is 5. The van der Waals surface area contributed by atoms with Crippen LogP contribution >= 0.6 is 22.9 Å². The van der Waals surface area contributed by atoms with Crippen molar-refractivity contribution in [2.45, 2.75) is 44.5 Å². The Bertz CT molecular complexity index is 1160. The molecule has 6 nitrogen and oxygen atoms in total. The van der Waals surface area contributed by atoms with Crippen LogP contribution in [0.15, 0.2) is 29.6 Å². The fourth-order valence-corrected chi connectivity index (χ4v) is 4.33. The predicted molar refractivity (Wildman–Crippen MR) is 112 cm³/mol. The van der Waals surface area contributed by atoms with Crippen molar-refractivity contribution in [2.75, 3.05) is 5.32 Å². The average Bonchev–Trinajstić information content (AvgIpc) is 3.35. The highest BCUT2D eigenvalue weighted by molar-refractivity contribution is 7.14. The first kappa shape index (κ1) is 23.4. The molecule has 1 aliphatic carbocycles. The second-order valence-electron chi connectivity index (χ2n) is 7.37. The second kappa shape index (κ2) is 8.90. The summed E-state index contributed by atoms with van der Waals surface area (Å²) in [7, 11) is 0. The third kappa shape index (κ3) is 5.11. The third-order valence-electron chi connectivity index (χ3n) is 4.98. The molecule has 0 aliphatic heterocycles. The van der Waals surface area contributed by atoms with Crippen molar-refractivity contribution in [3.63, 3.8) is 0 Å². The SMILES string of the molecule is CC(C(=O)Nc1nc(-c2ccc(OC(F)F)cc2)cs1)n1nc(C(F)(F)F)c(Cl)c1C1CC1. The molecule has 1 aliphatic rings. The van der Waals surface area contributed by atoms with Crippen LogP contribution in [-0.2, 0) is 11.0 Å². The fourth-order valence-electron chi connectivity index (χ4n) is 3.22. The zero-order valence-electron chi connectivity index (χ0n) is 16.9. The van der Waals surface area contributed by atoms with E-state index in [1.807, 2.05) is 0 Å². The summed E-state index contributed by atoms with van der Waals surface area (Å²) in [5, 5.41) is 7.58. The standard InChI is InChI=1S/C20H16ClF5N4O2S/c1-9(30-15(11-2-3-11)14(21)16(29-30)20(24,25)26)17(31)28-19-27-13(8-33-19)10-4-6-12(7-5-10)32-18(22)23/h4-9,11,18H,2-3H2,1H3,(H,27,28,31). The van der Waals surface area contributed by atoms with Gasteiger partial charge in [0.25, 0.3) is 5.91 Å². The van der Waals surface area contributed by atoms with Crippen molar-refractivity contribution >= 4 is 34.0 Å². The lowest BCUT2D eigenvalue weighted by Crippen LogP contribution is -2.26. The number of thiazole rings is 1. The molecule has 1 aromatic carbocycles. The predicted octanol–water partition coefficient (Wildman–Crippen LogP) is 6.36. The van der Waals surface area contributed by atoms with E-state index in [0.717, 1.165) is 16.0 Å². The molecule has 2 heterocycles. The maximum atomic E-state index is 13.3. The van der Waals surface area contributed by atoms with Gasteiger partial charge in [0, 0.05) is 16.9 Å². The molecular formula is C20H16ClF5N4O2S. The van der Waals surface area contributed by atoms with Crippen LogP contribution in [0.1, 0.15) is 43.1 Å². The van der Waals surface area contributed by atoms with E-state index in [0.29, 0.717) is 24.1 Å². The van der Waals surface area contributed by atoms with Crippen LogP contribution in [0.3, 0.4) is 0 Å². The summed E-state index contributed by atoms with van der Waals surface area (Å²) in [5.74, 6) is -0.778. The molecular weight excluding hydrogens is 491 g/mol. The van der Waals surface area contributed by atoms with Crippen LogP contribution in [-0.4, -0.2) is 27.3 Å². The summed E-state index contributed by atoms with van der Waals surface area (Å²) in [5.41, 5.74) is 0.0805. The van der Waals surface area contributed by atoms with Crippen LogP contribution in [0, 0.1) is 0 Å². The van der Waals surface area contributed by atoms with E-state index in [9.17, 15) is 26.7 Å². The van der Waals surface area contributed by atoms with Gasteiger partial charge in [-0.15, -0.1) is 11.3 Å². The normalized spacial score (nSPS) is 15.0. The van der Waals surface area contributed by atoms with Gasteiger partial charge in [-0.2, -0.15) is 27.1 Å². The van der Waals surface area contributed by atoms with Crippen LogP contribution in [0.25, 0.3) is 11.3 Å². The van der Waals surface area contributed by atoms with E-state index < -0.39 is 35.5 Å². The Morgan fingerprint density at radius 1 is 1.27 bits per heavy atom. The lowest BCUT2D eigenvalue weighted by atomic mass is 10.2. The van der Waals surface area contributed by atoms with E-state index in [4.69, 9.17) is 11.6 Å². The van der Waals surface area contributed by atoms with Crippen molar-refractivity contribution in [2.24, 2.45) is 0 Å². The Balaban J connectivity index is 1.50. The highest BCUT2D eigenvalue weighted by atomic mass is 35.5. The molecule has 1 unspecified atom stereocenters. The van der Waals surface area contributed by atoms with E-state index in [-0.39, 0.29) is 22.5 Å². The van der Waals surface area contributed by atoms with E-state index in [1.165, 1.54) is 31.2 Å². The minimum atomic E-state index is -4.73. The summed E-state index contributed by atoms with van der Waals surface area (Å²) in [4.78, 5) is 17.0. The molecule has 1 amide bonds. The maximum Gasteiger partial charge on any atom is 0.436 e. The maximum absolute atomic E-state index is 13.3. The van der Waals surface area contributed by atoms with E-state index >= 15 is 0 Å². The lowest BCUT2D eigenvalue weighted by Gasteiger charge is -2.14. The van der Waals surface area contributed by atoms with Gasteiger partial charge in [-0.1, -0.05) is 11.6 Å².